The van der Waals surface area contributed by atoms with Crippen LogP contribution in [-0.2, 0) is 9.53 Å². The number of amides is 2. The van der Waals surface area contributed by atoms with Gasteiger partial charge in [0.1, 0.15) is 5.69 Å². The Balaban J connectivity index is 1.74. The molecule has 0 bridgehead atoms. The van der Waals surface area contributed by atoms with Gasteiger partial charge in [-0.25, -0.2) is 4.98 Å². The van der Waals surface area contributed by atoms with Crippen molar-refractivity contribution in [3.63, 3.8) is 0 Å². The van der Waals surface area contributed by atoms with Gasteiger partial charge in [0, 0.05) is 31.9 Å². The van der Waals surface area contributed by atoms with Crippen LogP contribution in [0, 0.1) is 6.92 Å². The lowest BCUT2D eigenvalue weighted by Gasteiger charge is -2.46. The summed E-state index contributed by atoms with van der Waals surface area (Å²) in [7, 11) is 0. The van der Waals surface area contributed by atoms with Crippen molar-refractivity contribution in [2.75, 3.05) is 26.2 Å². The Morgan fingerprint density at radius 3 is 2.90 bits per heavy atom. The smallest absolute Gasteiger partial charge is 0.273 e. The molecule has 2 aliphatic heterocycles. The topological polar surface area (TPSA) is 62.7 Å². The number of fused-ring (bicyclic) bond motifs is 1. The van der Waals surface area contributed by atoms with Crippen LogP contribution in [-0.4, -0.2) is 65.0 Å². The summed E-state index contributed by atoms with van der Waals surface area (Å²) >= 11 is 1.48. The molecule has 2 atom stereocenters. The molecule has 2 fully saturated rings. The van der Waals surface area contributed by atoms with Gasteiger partial charge in [-0.3, -0.25) is 9.59 Å². The first kappa shape index (κ1) is 14.5. The van der Waals surface area contributed by atoms with Crippen LogP contribution < -0.4 is 0 Å². The number of aryl methyl sites for hydroxylation is 1. The molecule has 0 aromatic carbocycles. The predicted octanol–water partition coefficient (Wildman–Crippen LogP) is 0.913. The molecule has 3 heterocycles. The predicted molar refractivity (Wildman–Crippen MR) is 78.3 cm³/mol. The van der Waals surface area contributed by atoms with Gasteiger partial charge in [-0.1, -0.05) is 0 Å². The molecule has 1 aromatic heterocycles. The first-order valence-corrected chi connectivity index (χ1v) is 8.04. The van der Waals surface area contributed by atoms with Crippen LogP contribution in [0.2, 0.25) is 0 Å². The van der Waals surface area contributed by atoms with E-state index >= 15 is 0 Å². The fraction of sp³-hybridized carbons (Fsp3) is 0.643. The van der Waals surface area contributed by atoms with E-state index in [1.807, 2.05) is 11.8 Å². The Bertz CT molecular complexity index is 559. The molecule has 2 aliphatic rings. The second-order valence-electron chi connectivity index (χ2n) is 5.48. The number of likely N-dealkylation sites (tertiary alicyclic amines) is 1. The Morgan fingerprint density at radius 1 is 1.43 bits per heavy atom. The number of carbonyl (C=O) groups excluding carboxylic acids is 2. The van der Waals surface area contributed by atoms with Gasteiger partial charge in [-0.2, -0.15) is 0 Å². The van der Waals surface area contributed by atoms with Crippen molar-refractivity contribution in [1.82, 2.24) is 14.8 Å². The summed E-state index contributed by atoms with van der Waals surface area (Å²) < 4.78 is 5.75. The number of morpholine rings is 1. The van der Waals surface area contributed by atoms with Gasteiger partial charge in [0.25, 0.3) is 5.91 Å². The quantitative estimate of drug-likeness (QED) is 0.774. The average Bonchev–Trinajstić information content (AvgIpc) is 2.91. The van der Waals surface area contributed by atoms with Crippen LogP contribution in [0.25, 0.3) is 0 Å². The summed E-state index contributed by atoms with van der Waals surface area (Å²) in [6.45, 7) is 5.84. The number of thiazole rings is 1. The molecule has 1 aromatic rings. The van der Waals surface area contributed by atoms with Crippen molar-refractivity contribution >= 4 is 23.2 Å². The first-order chi connectivity index (χ1) is 10.1. The zero-order valence-corrected chi connectivity index (χ0v) is 13.1. The van der Waals surface area contributed by atoms with Crippen LogP contribution >= 0.6 is 11.3 Å². The molecular formula is C14H19N3O3S. The van der Waals surface area contributed by atoms with E-state index in [1.54, 1.807) is 17.2 Å². The van der Waals surface area contributed by atoms with Gasteiger partial charge in [0.2, 0.25) is 5.91 Å². The summed E-state index contributed by atoms with van der Waals surface area (Å²) in [6, 6.07) is -0.0336. The summed E-state index contributed by atoms with van der Waals surface area (Å²) in [5.41, 5.74) is 0.502. The molecule has 0 radical (unpaired) electrons. The maximum absolute atomic E-state index is 12.5. The molecular weight excluding hydrogens is 290 g/mol. The molecule has 0 aliphatic carbocycles. The van der Waals surface area contributed by atoms with Crippen molar-refractivity contribution in [3.05, 3.63) is 16.1 Å². The van der Waals surface area contributed by atoms with Gasteiger partial charge >= 0.3 is 0 Å². The van der Waals surface area contributed by atoms with Crippen LogP contribution in [0.4, 0.5) is 0 Å². The lowest BCUT2D eigenvalue weighted by molar-refractivity contribution is -0.149. The minimum Gasteiger partial charge on any atom is -0.374 e. The second-order valence-corrected chi connectivity index (χ2v) is 6.54. The van der Waals surface area contributed by atoms with Crippen molar-refractivity contribution in [3.8, 4) is 0 Å². The number of aromatic nitrogens is 1. The number of nitrogens with zero attached hydrogens (tertiary/aromatic N) is 3. The summed E-state index contributed by atoms with van der Waals surface area (Å²) in [5, 5.41) is 2.68. The Hall–Kier alpha value is -1.47. The number of ether oxygens (including phenoxy) is 1. The van der Waals surface area contributed by atoms with Gasteiger partial charge in [-0.15, -0.1) is 11.3 Å². The minimum absolute atomic E-state index is 0.0336. The van der Waals surface area contributed by atoms with E-state index in [9.17, 15) is 9.59 Å². The number of hydrogen-bond donors (Lipinski definition) is 0. The number of rotatable bonds is 1. The molecule has 0 saturated carbocycles. The Labute approximate surface area is 127 Å². The molecule has 0 N–H and O–H groups in total. The molecule has 7 heteroatoms. The highest BCUT2D eigenvalue weighted by Gasteiger charge is 2.39. The van der Waals surface area contributed by atoms with Crippen LogP contribution in [0.3, 0.4) is 0 Å². The van der Waals surface area contributed by atoms with E-state index in [0.29, 0.717) is 31.9 Å². The average molecular weight is 309 g/mol. The van der Waals surface area contributed by atoms with Crippen molar-refractivity contribution in [2.24, 2.45) is 0 Å². The summed E-state index contributed by atoms with van der Waals surface area (Å²) in [5.74, 6) is -0.000947. The van der Waals surface area contributed by atoms with E-state index in [-0.39, 0.29) is 24.0 Å². The summed E-state index contributed by atoms with van der Waals surface area (Å²) in [4.78, 5) is 32.1. The first-order valence-electron chi connectivity index (χ1n) is 7.16. The molecule has 21 heavy (non-hydrogen) atoms. The highest BCUT2D eigenvalue weighted by atomic mass is 32.1. The van der Waals surface area contributed by atoms with Crippen molar-refractivity contribution in [2.45, 2.75) is 32.4 Å². The fourth-order valence-electron chi connectivity index (χ4n) is 3.07. The molecule has 6 nitrogen and oxygen atoms in total. The molecule has 114 valence electrons. The third-order valence-corrected chi connectivity index (χ3v) is 4.89. The number of carbonyl (C=O) groups is 2. The Morgan fingerprint density at radius 2 is 2.24 bits per heavy atom. The lowest BCUT2D eigenvalue weighted by atomic mass is 9.98. The fourth-order valence-corrected chi connectivity index (χ4v) is 3.66. The maximum Gasteiger partial charge on any atom is 0.273 e. The largest absolute Gasteiger partial charge is 0.374 e. The highest BCUT2D eigenvalue weighted by molar-refractivity contribution is 7.09. The normalized spacial score (nSPS) is 25.6. The zero-order valence-electron chi connectivity index (χ0n) is 12.2. The van der Waals surface area contributed by atoms with Gasteiger partial charge in [-0.05, 0) is 13.3 Å². The molecule has 3 rings (SSSR count). The molecule has 2 amide bonds. The Kier molecular flexibility index (Phi) is 3.95. The van der Waals surface area contributed by atoms with Crippen molar-refractivity contribution in [1.29, 1.82) is 0 Å². The van der Waals surface area contributed by atoms with Crippen LogP contribution in [0.1, 0.15) is 28.8 Å². The molecule has 2 saturated heterocycles. The molecule has 0 unspecified atom stereocenters. The van der Waals surface area contributed by atoms with Crippen LogP contribution in [0.15, 0.2) is 5.38 Å². The monoisotopic (exact) mass is 309 g/mol. The van der Waals surface area contributed by atoms with Gasteiger partial charge in [0.05, 0.1) is 23.8 Å². The van der Waals surface area contributed by atoms with Gasteiger partial charge < -0.3 is 14.5 Å². The lowest BCUT2D eigenvalue weighted by Crippen LogP contribution is -2.61. The maximum atomic E-state index is 12.5. The number of hydrogen-bond acceptors (Lipinski definition) is 5. The minimum atomic E-state index is -0.0492. The second kappa shape index (κ2) is 5.73. The van der Waals surface area contributed by atoms with E-state index in [4.69, 9.17) is 4.74 Å². The zero-order chi connectivity index (χ0) is 15.0. The molecule has 0 spiro atoms. The SMILES string of the molecule is CC(=O)N1CCO[C@H]2CCN(C(=O)c3csc(C)n3)C[C@@H]21. The third-order valence-electron chi connectivity index (χ3n) is 4.11. The van der Waals surface area contributed by atoms with E-state index < -0.39 is 0 Å². The van der Waals surface area contributed by atoms with E-state index in [2.05, 4.69) is 4.98 Å². The van der Waals surface area contributed by atoms with Crippen LogP contribution in [0.5, 0.6) is 0 Å². The van der Waals surface area contributed by atoms with E-state index in [0.717, 1.165) is 11.4 Å². The standard InChI is InChI=1S/C14H19N3O3S/c1-9-15-11(8-21-9)14(19)16-4-3-13-12(7-16)17(10(2)18)5-6-20-13/h8,12-13H,3-7H2,1-2H3/t12-,13-/m0/s1. The van der Waals surface area contributed by atoms with Crippen molar-refractivity contribution < 1.29 is 14.3 Å². The summed E-state index contributed by atoms with van der Waals surface area (Å²) in [6.07, 6.45) is 0.812. The third kappa shape index (κ3) is 2.80. The number of piperidine rings is 1. The van der Waals surface area contributed by atoms with Gasteiger partial charge in [0.15, 0.2) is 0 Å². The van der Waals surface area contributed by atoms with E-state index in [1.165, 1.54) is 11.3 Å². The highest BCUT2D eigenvalue weighted by Crippen LogP contribution is 2.24.